The maximum Gasteiger partial charge on any atom is 0.274 e. The molecule has 10 heteroatoms. The summed E-state index contributed by atoms with van der Waals surface area (Å²) in [5, 5.41) is 12.3. The molecule has 2 amide bonds. The van der Waals surface area contributed by atoms with Gasteiger partial charge in [-0.3, -0.25) is 14.4 Å². The first-order valence-corrected chi connectivity index (χ1v) is 9.85. The van der Waals surface area contributed by atoms with Crippen molar-refractivity contribution in [1.29, 1.82) is 0 Å². The normalized spacial score (nSPS) is 18.0. The van der Waals surface area contributed by atoms with E-state index in [1.165, 1.54) is 10.8 Å². The lowest BCUT2D eigenvalue weighted by atomic mass is 9.98. The molecule has 0 bridgehead atoms. The molecule has 0 radical (unpaired) electrons. The van der Waals surface area contributed by atoms with E-state index in [0.29, 0.717) is 13.1 Å². The van der Waals surface area contributed by atoms with Gasteiger partial charge in [0, 0.05) is 37.4 Å². The Bertz CT molecular complexity index is 1120. The number of fused-ring (bicyclic) bond motifs is 2. The van der Waals surface area contributed by atoms with Gasteiger partial charge < -0.3 is 19.9 Å². The van der Waals surface area contributed by atoms with Crippen LogP contribution in [0.15, 0.2) is 23.1 Å². The molecule has 1 saturated heterocycles. The van der Waals surface area contributed by atoms with Crippen LogP contribution in [0.2, 0.25) is 5.02 Å². The molecule has 30 heavy (non-hydrogen) atoms. The first-order valence-electron chi connectivity index (χ1n) is 9.47. The zero-order valence-electron chi connectivity index (χ0n) is 15.8. The first-order chi connectivity index (χ1) is 14.3. The minimum atomic E-state index is -1.02. The molecule has 1 atom stereocenters. The van der Waals surface area contributed by atoms with Gasteiger partial charge in [-0.25, -0.2) is 8.78 Å². The van der Waals surface area contributed by atoms with Crippen LogP contribution in [0.25, 0.3) is 0 Å². The van der Waals surface area contributed by atoms with Gasteiger partial charge in [-0.15, -0.1) is 0 Å². The minimum Gasteiger partial charge on any atom is -0.503 e. The quantitative estimate of drug-likeness (QED) is 0.721. The third kappa shape index (κ3) is 3.32. The van der Waals surface area contributed by atoms with Gasteiger partial charge in [0.1, 0.15) is 17.2 Å². The van der Waals surface area contributed by atoms with E-state index >= 15 is 0 Å². The number of carbonyl (C=O) groups excluding carboxylic acids is 2. The first kappa shape index (κ1) is 20.3. The zero-order valence-corrected chi connectivity index (χ0v) is 16.5. The standard InChI is InChI=1S/C20H18ClF2N3O4/c21-13-4-5-14(22)11(15(13)23)7-24-19(29)12-9-25-8-10-3-1-2-6-26(10)20(30)16(25)18(28)17(12)27/h4-5,9-10,28H,1-3,6-8H2,(H,24,29)/t10-/m1/s1. The Labute approximate surface area is 174 Å². The van der Waals surface area contributed by atoms with Crippen molar-refractivity contribution in [3.63, 3.8) is 0 Å². The average molecular weight is 438 g/mol. The SMILES string of the molecule is O=C(NCc1c(F)ccc(Cl)c1F)c1cn2c(c(O)c1=O)C(=O)N1CCCC[C@@H]1C2. The summed E-state index contributed by atoms with van der Waals surface area (Å²) in [6, 6.07) is 1.94. The number of amides is 2. The number of pyridine rings is 1. The van der Waals surface area contributed by atoms with Crippen molar-refractivity contribution in [3.05, 3.63) is 62.0 Å². The molecule has 1 aromatic heterocycles. The average Bonchev–Trinajstić information content (AvgIpc) is 2.73. The number of piperidine rings is 1. The Kier molecular flexibility index (Phi) is 5.23. The summed E-state index contributed by atoms with van der Waals surface area (Å²) in [5.41, 5.74) is -2.04. The molecule has 1 fully saturated rings. The molecule has 2 aromatic rings. The van der Waals surface area contributed by atoms with E-state index in [-0.39, 0.29) is 16.8 Å². The highest BCUT2D eigenvalue weighted by molar-refractivity contribution is 6.30. The van der Waals surface area contributed by atoms with Crippen LogP contribution in [0.1, 0.15) is 45.7 Å². The predicted octanol–water partition coefficient (Wildman–Crippen LogP) is 2.42. The third-order valence-electron chi connectivity index (χ3n) is 5.56. The van der Waals surface area contributed by atoms with Crippen molar-refractivity contribution < 1.29 is 23.5 Å². The molecule has 2 N–H and O–H groups in total. The van der Waals surface area contributed by atoms with Crippen LogP contribution in [0, 0.1) is 11.6 Å². The van der Waals surface area contributed by atoms with Gasteiger partial charge in [0.15, 0.2) is 11.4 Å². The lowest BCUT2D eigenvalue weighted by molar-refractivity contribution is 0.0504. The summed E-state index contributed by atoms with van der Waals surface area (Å²) in [5.74, 6) is -4.09. The molecule has 0 saturated carbocycles. The fraction of sp³-hybridized carbons (Fsp3) is 0.350. The van der Waals surface area contributed by atoms with E-state index < -0.39 is 52.3 Å². The summed E-state index contributed by atoms with van der Waals surface area (Å²) in [7, 11) is 0. The molecule has 4 rings (SSSR count). The molecule has 1 aromatic carbocycles. The van der Waals surface area contributed by atoms with E-state index in [1.807, 2.05) is 0 Å². The van der Waals surface area contributed by atoms with Gasteiger partial charge in [0.05, 0.1) is 5.02 Å². The number of halogens is 3. The van der Waals surface area contributed by atoms with Gasteiger partial charge in [-0.1, -0.05) is 11.6 Å². The maximum absolute atomic E-state index is 14.0. The number of carbonyl (C=O) groups is 2. The van der Waals surface area contributed by atoms with Crippen molar-refractivity contribution >= 4 is 23.4 Å². The smallest absolute Gasteiger partial charge is 0.274 e. The van der Waals surface area contributed by atoms with E-state index in [1.54, 1.807) is 4.90 Å². The van der Waals surface area contributed by atoms with Crippen LogP contribution in [-0.2, 0) is 13.1 Å². The van der Waals surface area contributed by atoms with Crippen molar-refractivity contribution in [1.82, 2.24) is 14.8 Å². The number of rotatable bonds is 3. The second kappa shape index (κ2) is 7.71. The number of benzene rings is 1. The Morgan fingerprint density at radius 3 is 2.80 bits per heavy atom. The van der Waals surface area contributed by atoms with Crippen LogP contribution in [-0.4, -0.2) is 39.0 Å². The van der Waals surface area contributed by atoms with Crippen LogP contribution >= 0.6 is 11.6 Å². The predicted molar refractivity (Wildman–Crippen MR) is 104 cm³/mol. The number of aromatic nitrogens is 1. The molecule has 7 nitrogen and oxygen atoms in total. The van der Waals surface area contributed by atoms with Gasteiger partial charge in [0.25, 0.3) is 11.8 Å². The lowest BCUT2D eigenvalue weighted by Crippen LogP contribution is -2.51. The summed E-state index contributed by atoms with van der Waals surface area (Å²) < 4.78 is 29.3. The molecule has 0 aliphatic carbocycles. The van der Waals surface area contributed by atoms with E-state index in [2.05, 4.69) is 5.32 Å². The van der Waals surface area contributed by atoms with Crippen LogP contribution in [0.5, 0.6) is 5.75 Å². The lowest BCUT2D eigenvalue weighted by Gasteiger charge is -2.40. The number of hydrogen-bond acceptors (Lipinski definition) is 4. The third-order valence-corrected chi connectivity index (χ3v) is 5.86. The fourth-order valence-corrected chi connectivity index (χ4v) is 4.17. The number of nitrogens with zero attached hydrogens (tertiary/aromatic N) is 2. The van der Waals surface area contributed by atoms with Crippen molar-refractivity contribution in [2.75, 3.05) is 6.54 Å². The molecule has 2 aliphatic rings. The monoisotopic (exact) mass is 437 g/mol. The largest absolute Gasteiger partial charge is 0.503 e. The Balaban J connectivity index is 1.64. The van der Waals surface area contributed by atoms with Gasteiger partial charge >= 0.3 is 0 Å². The topological polar surface area (TPSA) is 91.6 Å². The summed E-state index contributed by atoms with van der Waals surface area (Å²) in [4.78, 5) is 39.4. The Morgan fingerprint density at radius 2 is 2.03 bits per heavy atom. The summed E-state index contributed by atoms with van der Waals surface area (Å²) in [6.07, 6.45) is 3.80. The molecule has 0 unspecified atom stereocenters. The summed E-state index contributed by atoms with van der Waals surface area (Å²) in [6.45, 7) is 0.344. The molecular formula is C20H18ClF2N3O4. The fourth-order valence-electron chi connectivity index (χ4n) is 4.00. The number of hydrogen-bond donors (Lipinski definition) is 2. The maximum atomic E-state index is 14.0. The highest BCUT2D eigenvalue weighted by atomic mass is 35.5. The van der Waals surface area contributed by atoms with Crippen molar-refractivity contribution in [3.8, 4) is 5.75 Å². The second-order valence-corrected chi connectivity index (χ2v) is 7.78. The Hall–Kier alpha value is -2.94. The zero-order chi connectivity index (χ0) is 21.6. The highest BCUT2D eigenvalue weighted by Gasteiger charge is 2.37. The van der Waals surface area contributed by atoms with Gasteiger partial charge in [-0.2, -0.15) is 0 Å². The van der Waals surface area contributed by atoms with Crippen LogP contribution in [0.4, 0.5) is 8.78 Å². The second-order valence-electron chi connectivity index (χ2n) is 7.37. The van der Waals surface area contributed by atoms with Crippen molar-refractivity contribution in [2.24, 2.45) is 0 Å². The van der Waals surface area contributed by atoms with Crippen LogP contribution < -0.4 is 10.7 Å². The summed E-state index contributed by atoms with van der Waals surface area (Å²) >= 11 is 5.64. The molecule has 2 aliphatic heterocycles. The molecule has 3 heterocycles. The van der Waals surface area contributed by atoms with Crippen molar-refractivity contribution in [2.45, 2.75) is 38.4 Å². The number of nitrogens with one attached hydrogen (secondary N) is 1. The molecule has 158 valence electrons. The van der Waals surface area contributed by atoms with Gasteiger partial charge in [0.2, 0.25) is 5.43 Å². The highest BCUT2D eigenvalue weighted by Crippen LogP contribution is 2.29. The Morgan fingerprint density at radius 1 is 1.27 bits per heavy atom. The van der Waals surface area contributed by atoms with Crippen LogP contribution in [0.3, 0.4) is 0 Å². The van der Waals surface area contributed by atoms with E-state index in [9.17, 15) is 28.3 Å². The van der Waals surface area contributed by atoms with E-state index in [0.717, 1.165) is 31.4 Å². The molecule has 0 spiro atoms. The molecular weight excluding hydrogens is 420 g/mol. The minimum absolute atomic E-state index is 0.0776. The van der Waals surface area contributed by atoms with Gasteiger partial charge in [-0.05, 0) is 31.4 Å². The van der Waals surface area contributed by atoms with E-state index in [4.69, 9.17) is 11.6 Å². The number of aromatic hydroxyl groups is 1.